The van der Waals surface area contributed by atoms with Crippen molar-refractivity contribution in [3.63, 3.8) is 0 Å². The Balaban J connectivity index is 0.00000423. The first-order valence-corrected chi connectivity index (χ1v) is 15.0. The molecule has 2 aliphatic heterocycles. The molecule has 8 bridgehead atoms. The molecule has 0 aromatic carbocycles. The number of hydrogen-bond acceptors (Lipinski definition) is 2. The molecule has 3 aromatic heterocycles. The van der Waals surface area contributed by atoms with Gasteiger partial charge < -0.3 is 30.5 Å². The summed E-state index contributed by atoms with van der Waals surface area (Å²) < 4.78 is 0. The van der Waals surface area contributed by atoms with Gasteiger partial charge in [0, 0.05) is 12.8 Å². The van der Waals surface area contributed by atoms with Crippen LogP contribution in [0, 0.1) is 20.8 Å². The van der Waals surface area contributed by atoms with Gasteiger partial charge in [-0.3, -0.25) is 9.59 Å². The average molecular weight is 625 g/mol. The molecule has 0 amide bonds. The minimum atomic E-state index is -0.855. The van der Waals surface area contributed by atoms with E-state index >= 15 is 0 Å². The first kappa shape index (κ1) is 32.5. The van der Waals surface area contributed by atoms with Gasteiger partial charge in [0.1, 0.15) is 0 Å². The van der Waals surface area contributed by atoms with Gasteiger partial charge in [0.15, 0.2) is 0 Å². The molecule has 0 spiro atoms. The zero-order valence-corrected chi connectivity index (χ0v) is 27.0. The summed E-state index contributed by atoms with van der Waals surface area (Å²) in [5.41, 5.74) is 15.4. The van der Waals surface area contributed by atoms with E-state index in [2.05, 4.69) is 34.6 Å². The van der Waals surface area contributed by atoms with Gasteiger partial charge in [0.05, 0.1) is 0 Å². The van der Waals surface area contributed by atoms with Crippen molar-refractivity contribution in [2.45, 2.75) is 105 Å². The summed E-state index contributed by atoms with van der Waals surface area (Å²) in [6.45, 7) is 12.7. The van der Waals surface area contributed by atoms with Crippen LogP contribution in [-0.2, 0) is 65.2 Å². The molecule has 0 radical (unpaired) electrons. The number of aromatic nitrogens is 3. The molecule has 0 saturated heterocycles. The van der Waals surface area contributed by atoms with E-state index in [1.807, 2.05) is 13.0 Å². The van der Waals surface area contributed by atoms with E-state index in [4.69, 9.17) is 20.3 Å². The molecule has 228 valence electrons. The van der Waals surface area contributed by atoms with Crippen LogP contribution < -0.4 is 15.0 Å². The number of nitrogens with zero attached hydrogens (tertiary/aromatic N) is 4. The van der Waals surface area contributed by atoms with Crippen molar-refractivity contribution in [3.8, 4) is 0 Å². The van der Waals surface area contributed by atoms with Crippen LogP contribution in [-0.4, -0.2) is 28.2 Å². The minimum Gasteiger partial charge on any atom is -0.678 e. The Morgan fingerprint density at radius 3 is 1.86 bits per heavy atom. The Kier molecular flexibility index (Phi) is 9.87. The van der Waals surface area contributed by atoms with E-state index in [1.165, 1.54) is 22.3 Å². The zero-order chi connectivity index (χ0) is 30.3. The SMILES string of the molecule is CCc1c2[n-]c(c1C)Cc1[n-]c(c(CCC(=O)O)c1C)/C=C1\[N-]C(Cc3[n-]c(c(C)c3CC)C2)C(C)=C1CCC(=O)O.[Fe+4]. The fourth-order valence-corrected chi connectivity index (χ4v) is 6.77. The number of aliphatic carboxylic acids is 2. The van der Waals surface area contributed by atoms with Crippen LogP contribution in [0.2, 0.25) is 0 Å². The predicted octanol–water partition coefficient (Wildman–Crippen LogP) is 5.64. The number of fused-ring (bicyclic) bond motifs is 8. The summed E-state index contributed by atoms with van der Waals surface area (Å²) in [6, 6.07) is -0.143. The topological polar surface area (TPSA) is 131 Å². The van der Waals surface area contributed by atoms with Crippen LogP contribution in [0.1, 0.15) is 108 Å². The molecule has 5 heterocycles. The number of carbonyl (C=O) groups is 2. The molecular weight excluding hydrogens is 584 g/mol. The first-order valence-electron chi connectivity index (χ1n) is 15.0. The van der Waals surface area contributed by atoms with Crippen molar-refractivity contribution in [3.05, 3.63) is 89.7 Å². The average Bonchev–Trinajstić information content (AvgIpc) is 3.59. The van der Waals surface area contributed by atoms with E-state index in [-0.39, 0.29) is 36.0 Å². The van der Waals surface area contributed by atoms with Crippen molar-refractivity contribution < 1.29 is 36.9 Å². The zero-order valence-electron chi connectivity index (χ0n) is 25.9. The molecule has 3 aromatic rings. The largest absolute Gasteiger partial charge is 4.00 e. The van der Waals surface area contributed by atoms with Gasteiger partial charge >= 0.3 is 29.0 Å². The van der Waals surface area contributed by atoms with Crippen LogP contribution >= 0.6 is 0 Å². The maximum atomic E-state index is 11.6. The molecule has 0 fully saturated rings. The number of allylic oxidation sites excluding steroid dienone is 1. The first-order chi connectivity index (χ1) is 20.0. The molecule has 9 heteroatoms. The quantitative estimate of drug-likeness (QED) is 0.310. The van der Waals surface area contributed by atoms with Gasteiger partial charge in [-0.1, -0.05) is 76.9 Å². The number of rotatable bonds is 8. The summed E-state index contributed by atoms with van der Waals surface area (Å²) in [6.07, 6.45) is 6.36. The van der Waals surface area contributed by atoms with Gasteiger partial charge in [-0.15, -0.1) is 11.4 Å². The van der Waals surface area contributed by atoms with Gasteiger partial charge in [-0.05, 0) is 66.2 Å². The van der Waals surface area contributed by atoms with E-state index < -0.39 is 11.9 Å². The Labute approximate surface area is 264 Å². The summed E-state index contributed by atoms with van der Waals surface area (Å²) in [7, 11) is 0. The standard InChI is InChI=1S/C34H40N4O4.Fe/c1-7-21-17(3)25-13-26-19(5)23(9-11-33(39)40)31(37-26)16-32-24(10-12-34(41)42)20(6)28(38-32)15-30-22(8-2)18(4)27(36-30)14-29(21)35-25;/h16,28H,7-15H2,1-6H3,(H,39,40)(H,41,42);/q-4;+4/b32-16-;. The van der Waals surface area contributed by atoms with Crippen molar-refractivity contribution in [2.75, 3.05) is 0 Å². The molecular formula is C34H40FeN4O4. The third-order valence-corrected chi connectivity index (χ3v) is 9.25. The van der Waals surface area contributed by atoms with Crippen LogP contribution in [0.5, 0.6) is 0 Å². The normalized spacial score (nSPS) is 17.3. The second-order valence-electron chi connectivity index (χ2n) is 11.7. The second-order valence-corrected chi connectivity index (χ2v) is 11.7. The third kappa shape index (κ3) is 6.29. The summed E-state index contributed by atoms with van der Waals surface area (Å²) >= 11 is 0. The Bertz CT molecular complexity index is 1620. The smallest absolute Gasteiger partial charge is 0.678 e. The third-order valence-electron chi connectivity index (χ3n) is 9.25. The minimum absolute atomic E-state index is 0. The Morgan fingerprint density at radius 1 is 0.744 bits per heavy atom. The van der Waals surface area contributed by atoms with Gasteiger partial charge in [-0.25, -0.2) is 0 Å². The molecule has 0 aliphatic carbocycles. The summed E-state index contributed by atoms with van der Waals surface area (Å²) in [5, 5.41) is 24.1. The van der Waals surface area contributed by atoms with Gasteiger partial charge in [-0.2, -0.15) is 28.5 Å². The maximum absolute atomic E-state index is 11.6. The number of hydrogen-bond donors (Lipinski definition) is 2. The molecule has 1 unspecified atom stereocenters. The van der Waals surface area contributed by atoms with Crippen molar-refractivity contribution in [1.82, 2.24) is 15.0 Å². The number of carboxylic acids is 2. The van der Waals surface area contributed by atoms with Crippen molar-refractivity contribution in [2.24, 2.45) is 0 Å². The molecule has 8 nitrogen and oxygen atoms in total. The van der Waals surface area contributed by atoms with Crippen LogP contribution in [0.3, 0.4) is 0 Å². The van der Waals surface area contributed by atoms with E-state index in [0.717, 1.165) is 75.0 Å². The van der Waals surface area contributed by atoms with Crippen molar-refractivity contribution >= 4 is 18.0 Å². The molecule has 0 saturated carbocycles. The molecule has 2 aliphatic rings. The monoisotopic (exact) mass is 624 g/mol. The summed E-state index contributed by atoms with van der Waals surface area (Å²) in [4.78, 5) is 38.5. The van der Waals surface area contributed by atoms with E-state index in [9.17, 15) is 19.8 Å². The molecule has 43 heavy (non-hydrogen) atoms. The van der Waals surface area contributed by atoms with Crippen LogP contribution in [0.25, 0.3) is 11.4 Å². The van der Waals surface area contributed by atoms with Gasteiger partial charge in [0.25, 0.3) is 0 Å². The summed E-state index contributed by atoms with van der Waals surface area (Å²) in [5.74, 6) is -1.70. The fourth-order valence-electron chi connectivity index (χ4n) is 6.77. The van der Waals surface area contributed by atoms with Crippen molar-refractivity contribution in [1.29, 1.82) is 0 Å². The van der Waals surface area contributed by atoms with Crippen LogP contribution in [0.15, 0.2) is 16.8 Å². The predicted molar refractivity (Wildman–Crippen MR) is 162 cm³/mol. The Hall–Kier alpha value is -3.42. The van der Waals surface area contributed by atoms with E-state index in [0.29, 0.717) is 32.1 Å². The molecule has 1 atom stereocenters. The maximum Gasteiger partial charge on any atom is 4.00 e. The Morgan fingerprint density at radius 2 is 1.26 bits per heavy atom. The van der Waals surface area contributed by atoms with Crippen LogP contribution in [0.4, 0.5) is 0 Å². The second kappa shape index (κ2) is 13.1. The van der Waals surface area contributed by atoms with E-state index in [1.54, 1.807) is 0 Å². The molecule has 2 N–H and O–H groups in total. The molecule has 5 rings (SSSR count). The fraction of sp³-hybridized carbons (Fsp3) is 0.471. The number of carboxylic acid groups (broad SMARTS) is 2. The van der Waals surface area contributed by atoms with Gasteiger partial charge in [0.2, 0.25) is 0 Å².